The van der Waals surface area contributed by atoms with Crippen LogP contribution in [0.5, 0.6) is 11.5 Å². The molecule has 0 amide bonds. The van der Waals surface area contributed by atoms with Crippen molar-refractivity contribution in [2.45, 2.75) is 0 Å². The smallest absolute Gasteiger partial charge is 0.225 e. The van der Waals surface area contributed by atoms with Crippen LogP contribution in [0.15, 0.2) is 24.3 Å². The zero-order valence-electron chi connectivity index (χ0n) is 8.11. The van der Waals surface area contributed by atoms with Crippen LogP contribution < -0.4 is 9.47 Å². The van der Waals surface area contributed by atoms with Crippen molar-refractivity contribution in [3.05, 3.63) is 29.8 Å². The van der Waals surface area contributed by atoms with Crippen LogP contribution >= 0.6 is 0 Å². The van der Waals surface area contributed by atoms with E-state index in [1.165, 1.54) is 6.08 Å². The Morgan fingerprint density at radius 3 is 2.14 bits per heavy atom. The molecule has 1 aromatic carbocycles. The van der Waals surface area contributed by atoms with Crippen LogP contribution in [0.25, 0.3) is 6.08 Å². The van der Waals surface area contributed by atoms with Gasteiger partial charge >= 0.3 is 0 Å². The molecule has 0 atom stereocenters. The molecule has 0 N–H and O–H groups in total. The van der Waals surface area contributed by atoms with E-state index >= 15 is 0 Å². The maximum atomic E-state index is 10.0. The molecule has 0 bridgehead atoms. The molecule has 3 heteroatoms. The van der Waals surface area contributed by atoms with E-state index in [2.05, 4.69) is 0 Å². The fourth-order valence-corrected chi connectivity index (χ4v) is 1.06. The van der Waals surface area contributed by atoms with E-state index in [4.69, 9.17) is 9.47 Å². The number of hydrogen-bond donors (Lipinski definition) is 0. The Morgan fingerprint density at radius 2 is 1.71 bits per heavy atom. The predicted molar refractivity (Wildman–Crippen MR) is 54.3 cm³/mol. The molecule has 1 radical (unpaired) electrons. The number of methoxy groups -OCH3 is 2. The van der Waals surface area contributed by atoms with Gasteiger partial charge in [0.15, 0.2) is 0 Å². The van der Waals surface area contributed by atoms with Gasteiger partial charge in [0.2, 0.25) is 6.29 Å². The molecule has 1 rings (SSSR count). The lowest BCUT2D eigenvalue weighted by Gasteiger charge is -2.05. The molecule has 0 spiro atoms. The summed E-state index contributed by atoms with van der Waals surface area (Å²) >= 11 is 0. The Labute approximate surface area is 83.0 Å². The monoisotopic (exact) mass is 191 g/mol. The van der Waals surface area contributed by atoms with Crippen LogP contribution in [-0.2, 0) is 4.79 Å². The van der Waals surface area contributed by atoms with E-state index in [9.17, 15) is 4.79 Å². The van der Waals surface area contributed by atoms with E-state index < -0.39 is 0 Å². The van der Waals surface area contributed by atoms with Crippen LogP contribution in [-0.4, -0.2) is 20.5 Å². The average molecular weight is 191 g/mol. The molecule has 14 heavy (non-hydrogen) atoms. The van der Waals surface area contributed by atoms with Crippen molar-refractivity contribution in [1.82, 2.24) is 0 Å². The number of hydrogen-bond acceptors (Lipinski definition) is 3. The van der Waals surface area contributed by atoms with Crippen molar-refractivity contribution < 1.29 is 14.3 Å². The van der Waals surface area contributed by atoms with Crippen molar-refractivity contribution >= 4 is 12.4 Å². The van der Waals surface area contributed by atoms with Gasteiger partial charge in [-0.05, 0) is 23.8 Å². The molecule has 0 fully saturated rings. The zero-order chi connectivity index (χ0) is 10.4. The quantitative estimate of drug-likeness (QED) is 0.681. The minimum absolute atomic E-state index is 0.690. The van der Waals surface area contributed by atoms with Crippen molar-refractivity contribution in [3.63, 3.8) is 0 Å². The summed E-state index contributed by atoms with van der Waals surface area (Å²) < 4.78 is 10.1. The molecule has 0 saturated heterocycles. The van der Waals surface area contributed by atoms with Gasteiger partial charge in [-0.1, -0.05) is 6.08 Å². The fraction of sp³-hybridized carbons (Fsp3) is 0.182. The largest absolute Gasteiger partial charge is 0.497 e. The van der Waals surface area contributed by atoms with Crippen molar-refractivity contribution in [3.8, 4) is 11.5 Å². The third-order valence-electron chi connectivity index (χ3n) is 1.72. The van der Waals surface area contributed by atoms with Crippen LogP contribution in [0.4, 0.5) is 0 Å². The maximum Gasteiger partial charge on any atom is 0.225 e. The third-order valence-corrected chi connectivity index (χ3v) is 1.72. The van der Waals surface area contributed by atoms with E-state index in [-0.39, 0.29) is 0 Å². The summed E-state index contributed by atoms with van der Waals surface area (Å²) in [6, 6.07) is 5.37. The molecule has 0 aliphatic heterocycles. The lowest BCUT2D eigenvalue weighted by atomic mass is 10.2. The second kappa shape index (κ2) is 5.07. The Bertz CT molecular complexity index is 320. The molecule has 3 nitrogen and oxygen atoms in total. The predicted octanol–water partition coefficient (Wildman–Crippen LogP) is 1.83. The first-order valence-corrected chi connectivity index (χ1v) is 4.07. The fourth-order valence-electron chi connectivity index (χ4n) is 1.06. The zero-order valence-corrected chi connectivity index (χ0v) is 8.11. The minimum atomic E-state index is 0.690. The number of benzene rings is 1. The Hall–Kier alpha value is -1.77. The molecule has 0 unspecified atom stereocenters. The normalized spacial score (nSPS) is 10.1. The molecule has 0 aliphatic carbocycles. The molecule has 0 aromatic heterocycles. The van der Waals surface area contributed by atoms with Gasteiger partial charge in [-0.15, -0.1) is 0 Å². The van der Waals surface area contributed by atoms with Gasteiger partial charge in [0.1, 0.15) is 11.5 Å². The van der Waals surface area contributed by atoms with Crippen molar-refractivity contribution in [1.29, 1.82) is 0 Å². The summed E-state index contributed by atoms with van der Waals surface area (Å²) in [5.41, 5.74) is 0.838. The molecule has 0 saturated carbocycles. The van der Waals surface area contributed by atoms with Crippen LogP contribution in [0.2, 0.25) is 0 Å². The molecule has 0 heterocycles. The second-order valence-corrected chi connectivity index (χ2v) is 2.60. The van der Waals surface area contributed by atoms with Gasteiger partial charge in [0, 0.05) is 6.07 Å². The summed E-state index contributed by atoms with van der Waals surface area (Å²) in [6.07, 6.45) is 4.62. The first-order chi connectivity index (χ1) is 6.80. The highest BCUT2D eigenvalue weighted by atomic mass is 16.5. The highest BCUT2D eigenvalue weighted by Gasteiger charge is 1.98. The van der Waals surface area contributed by atoms with Crippen LogP contribution in [0.3, 0.4) is 0 Å². The van der Waals surface area contributed by atoms with Crippen molar-refractivity contribution in [2.75, 3.05) is 14.2 Å². The summed E-state index contributed by atoms with van der Waals surface area (Å²) in [5, 5.41) is 0. The van der Waals surface area contributed by atoms with Gasteiger partial charge in [-0.25, -0.2) is 0 Å². The Kier molecular flexibility index (Phi) is 3.73. The average Bonchev–Trinajstić information content (AvgIpc) is 2.25. The summed E-state index contributed by atoms with van der Waals surface area (Å²) in [7, 11) is 3.15. The maximum absolute atomic E-state index is 10.0. The van der Waals surface area contributed by atoms with E-state index in [1.54, 1.807) is 44.8 Å². The molecule has 73 valence electrons. The van der Waals surface area contributed by atoms with E-state index in [0.717, 1.165) is 5.56 Å². The van der Waals surface area contributed by atoms with Gasteiger partial charge in [-0.3, -0.25) is 4.79 Å². The van der Waals surface area contributed by atoms with Gasteiger partial charge in [-0.2, -0.15) is 0 Å². The number of carbonyl (C=O) groups excluding carboxylic acids is 1. The molecular weight excluding hydrogens is 180 g/mol. The van der Waals surface area contributed by atoms with E-state index in [0.29, 0.717) is 11.5 Å². The SMILES string of the molecule is COc1cc(/C=C/[C]=O)cc(OC)c1. The number of allylic oxidation sites excluding steroid dienone is 1. The van der Waals surface area contributed by atoms with Gasteiger partial charge in [0.05, 0.1) is 14.2 Å². The molecule has 1 aromatic rings. The minimum Gasteiger partial charge on any atom is -0.497 e. The second-order valence-electron chi connectivity index (χ2n) is 2.60. The van der Waals surface area contributed by atoms with Crippen molar-refractivity contribution in [2.24, 2.45) is 0 Å². The van der Waals surface area contributed by atoms with Crippen LogP contribution in [0, 0.1) is 0 Å². The third kappa shape index (κ3) is 2.62. The van der Waals surface area contributed by atoms with Gasteiger partial charge < -0.3 is 9.47 Å². The Morgan fingerprint density at radius 1 is 1.14 bits per heavy atom. The lowest BCUT2D eigenvalue weighted by molar-refractivity contribution is 0.394. The first kappa shape index (κ1) is 10.3. The number of ether oxygens (including phenoxy) is 2. The topological polar surface area (TPSA) is 35.5 Å². The lowest BCUT2D eigenvalue weighted by Crippen LogP contribution is -1.88. The van der Waals surface area contributed by atoms with E-state index in [1.807, 2.05) is 0 Å². The summed E-state index contributed by atoms with van der Waals surface area (Å²) in [6.45, 7) is 0. The Balaban J connectivity index is 3.03. The standard InChI is InChI=1S/C11H11O3/c1-13-10-6-9(4-3-5-12)7-11(8-10)14-2/h3-4,6-8H,1-2H3/b4-3+. The molecule has 0 aliphatic rings. The van der Waals surface area contributed by atoms with Crippen LogP contribution in [0.1, 0.15) is 5.56 Å². The highest BCUT2D eigenvalue weighted by molar-refractivity contribution is 5.75. The summed E-state index contributed by atoms with van der Waals surface area (Å²) in [5.74, 6) is 1.38. The highest BCUT2D eigenvalue weighted by Crippen LogP contribution is 2.22. The summed E-state index contributed by atoms with van der Waals surface area (Å²) in [4.78, 5) is 10.0. The van der Waals surface area contributed by atoms with Gasteiger partial charge in [0.25, 0.3) is 0 Å². The first-order valence-electron chi connectivity index (χ1n) is 4.07. The molecular formula is C11H11O3. The number of rotatable bonds is 4.